The molecule has 25 heavy (non-hydrogen) atoms. The Kier molecular flexibility index (Phi) is 6.83. The Morgan fingerprint density at radius 1 is 1.08 bits per heavy atom. The second kappa shape index (κ2) is 9.08. The van der Waals surface area contributed by atoms with E-state index in [2.05, 4.69) is 5.32 Å². The monoisotopic (exact) mass is 342 g/mol. The summed E-state index contributed by atoms with van der Waals surface area (Å²) in [5, 5.41) is 3.03. The third kappa shape index (κ3) is 5.22. The molecule has 0 radical (unpaired) electrons. The molecule has 5 nitrogen and oxygen atoms in total. The normalized spacial score (nSPS) is 11.9. The van der Waals surface area contributed by atoms with Gasteiger partial charge in [0.2, 0.25) is 5.91 Å². The van der Waals surface area contributed by atoms with Crippen molar-refractivity contribution in [1.29, 1.82) is 0 Å². The number of nitrogens with zero attached hydrogens (tertiary/aromatic N) is 1. The summed E-state index contributed by atoms with van der Waals surface area (Å²) in [6.45, 7) is 2.88. The molecule has 0 bridgehead atoms. The van der Waals surface area contributed by atoms with Crippen molar-refractivity contribution < 1.29 is 14.3 Å². The Morgan fingerprint density at radius 3 is 2.44 bits per heavy atom. The molecule has 0 fully saturated rings. The van der Waals surface area contributed by atoms with E-state index in [0.717, 1.165) is 11.1 Å². The Labute approximate surface area is 149 Å². The fourth-order valence-electron chi connectivity index (χ4n) is 2.78. The molecule has 0 unspecified atom stereocenters. The van der Waals surface area contributed by atoms with Crippen LogP contribution in [0.4, 0.5) is 0 Å². The Balaban J connectivity index is 1.94. The van der Waals surface area contributed by atoms with Gasteiger partial charge in [-0.25, -0.2) is 0 Å². The molecule has 2 rings (SSSR count). The lowest BCUT2D eigenvalue weighted by Gasteiger charge is -2.21. The molecule has 1 amide bonds. The second-order valence-electron chi connectivity index (χ2n) is 6.02. The van der Waals surface area contributed by atoms with Gasteiger partial charge in [-0.3, -0.25) is 9.69 Å². The Morgan fingerprint density at radius 2 is 1.80 bits per heavy atom. The smallest absolute Gasteiger partial charge is 0.234 e. The molecule has 1 N–H and O–H groups in total. The molecule has 2 aromatic rings. The number of hydrogen-bond acceptors (Lipinski definition) is 4. The van der Waals surface area contributed by atoms with Gasteiger partial charge in [-0.2, -0.15) is 0 Å². The van der Waals surface area contributed by atoms with Gasteiger partial charge in [-0.1, -0.05) is 42.5 Å². The lowest BCUT2D eigenvalue weighted by atomic mass is 10.1. The summed E-state index contributed by atoms with van der Waals surface area (Å²) in [6, 6.07) is 15.7. The molecular weight excluding hydrogens is 316 g/mol. The van der Waals surface area contributed by atoms with Crippen LogP contribution in [0, 0.1) is 0 Å². The number of amides is 1. The van der Waals surface area contributed by atoms with Gasteiger partial charge in [0.15, 0.2) is 11.5 Å². The number of ether oxygens (including phenoxy) is 2. The summed E-state index contributed by atoms with van der Waals surface area (Å²) >= 11 is 0. The minimum absolute atomic E-state index is 0.0132. The fraction of sp³-hybridized carbons (Fsp3) is 0.350. The third-order valence-corrected chi connectivity index (χ3v) is 4.02. The van der Waals surface area contributed by atoms with Crippen LogP contribution in [0.15, 0.2) is 48.5 Å². The molecule has 0 aliphatic carbocycles. The fourth-order valence-corrected chi connectivity index (χ4v) is 2.78. The first-order valence-corrected chi connectivity index (χ1v) is 8.28. The van der Waals surface area contributed by atoms with E-state index in [1.165, 1.54) is 0 Å². The number of carbonyl (C=O) groups excluding carboxylic acids is 1. The summed E-state index contributed by atoms with van der Waals surface area (Å²) in [4.78, 5) is 14.2. The topological polar surface area (TPSA) is 50.8 Å². The lowest BCUT2D eigenvalue weighted by molar-refractivity contribution is -0.122. The number of carbonyl (C=O) groups is 1. The maximum absolute atomic E-state index is 12.3. The molecule has 134 valence electrons. The number of hydrogen-bond donors (Lipinski definition) is 1. The van der Waals surface area contributed by atoms with Gasteiger partial charge in [0, 0.05) is 12.1 Å². The van der Waals surface area contributed by atoms with Gasteiger partial charge < -0.3 is 14.8 Å². The van der Waals surface area contributed by atoms with Gasteiger partial charge in [0.1, 0.15) is 0 Å². The molecule has 0 aliphatic heterocycles. The largest absolute Gasteiger partial charge is 0.493 e. The van der Waals surface area contributed by atoms with E-state index in [1.807, 2.05) is 67.4 Å². The molecule has 0 saturated heterocycles. The van der Waals surface area contributed by atoms with Crippen LogP contribution in [0.1, 0.15) is 24.1 Å². The van der Waals surface area contributed by atoms with E-state index >= 15 is 0 Å². The van der Waals surface area contributed by atoms with Crippen molar-refractivity contribution in [1.82, 2.24) is 10.2 Å². The van der Waals surface area contributed by atoms with E-state index < -0.39 is 0 Å². The number of para-hydroxylation sites is 1. The van der Waals surface area contributed by atoms with Crippen molar-refractivity contribution in [3.63, 3.8) is 0 Å². The van der Waals surface area contributed by atoms with Gasteiger partial charge >= 0.3 is 0 Å². The zero-order chi connectivity index (χ0) is 18.2. The minimum atomic E-state index is -0.0199. The van der Waals surface area contributed by atoms with Crippen LogP contribution in [0.25, 0.3) is 0 Å². The Bertz CT molecular complexity index is 689. The van der Waals surface area contributed by atoms with E-state index in [0.29, 0.717) is 24.6 Å². The van der Waals surface area contributed by atoms with Crippen molar-refractivity contribution >= 4 is 5.91 Å². The highest BCUT2D eigenvalue weighted by atomic mass is 16.5. The van der Waals surface area contributed by atoms with E-state index in [-0.39, 0.29) is 11.9 Å². The molecule has 0 aliphatic rings. The molecule has 2 aromatic carbocycles. The predicted molar refractivity (Wildman–Crippen MR) is 98.9 cm³/mol. The average Bonchev–Trinajstić information content (AvgIpc) is 2.61. The van der Waals surface area contributed by atoms with E-state index in [9.17, 15) is 4.79 Å². The van der Waals surface area contributed by atoms with Gasteiger partial charge in [0.05, 0.1) is 26.8 Å². The number of likely N-dealkylation sites (N-methyl/N-ethyl adjacent to an activating group) is 1. The highest BCUT2D eigenvalue weighted by Crippen LogP contribution is 2.31. The lowest BCUT2D eigenvalue weighted by Crippen LogP contribution is -2.36. The summed E-state index contributed by atoms with van der Waals surface area (Å²) in [5.74, 6) is 1.38. The van der Waals surface area contributed by atoms with Crippen molar-refractivity contribution in [2.24, 2.45) is 0 Å². The first-order chi connectivity index (χ1) is 12.0. The van der Waals surface area contributed by atoms with Crippen LogP contribution in [0.2, 0.25) is 0 Å². The molecule has 0 spiro atoms. The van der Waals surface area contributed by atoms with Crippen LogP contribution in [-0.4, -0.2) is 38.6 Å². The number of methoxy groups -OCH3 is 2. The molecule has 0 aromatic heterocycles. The van der Waals surface area contributed by atoms with Crippen molar-refractivity contribution in [2.45, 2.75) is 19.5 Å². The zero-order valence-corrected chi connectivity index (χ0v) is 15.3. The van der Waals surface area contributed by atoms with Crippen LogP contribution in [0.3, 0.4) is 0 Å². The van der Waals surface area contributed by atoms with Gasteiger partial charge in [-0.05, 0) is 25.6 Å². The number of rotatable bonds is 8. The minimum Gasteiger partial charge on any atom is -0.493 e. The summed E-state index contributed by atoms with van der Waals surface area (Å²) in [7, 11) is 5.14. The van der Waals surface area contributed by atoms with Crippen molar-refractivity contribution in [3.05, 3.63) is 59.7 Å². The summed E-state index contributed by atoms with van der Waals surface area (Å²) < 4.78 is 10.8. The maximum atomic E-state index is 12.3. The van der Waals surface area contributed by atoms with Crippen LogP contribution in [0.5, 0.6) is 11.5 Å². The second-order valence-corrected chi connectivity index (χ2v) is 6.02. The highest BCUT2D eigenvalue weighted by Gasteiger charge is 2.15. The quantitative estimate of drug-likeness (QED) is 0.801. The predicted octanol–water partition coefficient (Wildman–Crippen LogP) is 3.01. The number of nitrogens with one attached hydrogen (secondary N) is 1. The first-order valence-electron chi connectivity index (χ1n) is 8.28. The Hall–Kier alpha value is -2.53. The van der Waals surface area contributed by atoms with Crippen molar-refractivity contribution in [3.8, 4) is 11.5 Å². The molecule has 1 atom stereocenters. The zero-order valence-electron chi connectivity index (χ0n) is 15.3. The molecule has 0 heterocycles. The van der Waals surface area contributed by atoms with Gasteiger partial charge in [0.25, 0.3) is 0 Å². The number of benzene rings is 2. The summed E-state index contributed by atoms with van der Waals surface area (Å²) in [6.07, 6.45) is 0. The summed E-state index contributed by atoms with van der Waals surface area (Å²) in [5.41, 5.74) is 2.07. The highest BCUT2D eigenvalue weighted by molar-refractivity contribution is 5.78. The van der Waals surface area contributed by atoms with Crippen LogP contribution in [-0.2, 0) is 11.3 Å². The standard InChI is InChI=1S/C20H26N2O3/c1-15(16-9-6-5-7-10-16)21-19(23)14-22(2)13-17-11-8-12-18(24-3)20(17)25-4/h5-12,15H,13-14H2,1-4H3,(H,21,23)/t15-/m0/s1. The molecule has 5 heteroatoms. The average molecular weight is 342 g/mol. The SMILES string of the molecule is COc1cccc(CN(C)CC(=O)N[C@@H](C)c2ccccc2)c1OC. The van der Waals surface area contributed by atoms with Crippen LogP contribution < -0.4 is 14.8 Å². The third-order valence-electron chi connectivity index (χ3n) is 4.02. The molecular formula is C20H26N2O3. The van der Waals surface area contributed by atoms with Crippen molar-refractivity contribution in [2.75, 3.05) is 27.8 Å². The maximum Gasteiger partial charge on any atom is 0.234 e. The first kappa shape index (κ1) is 18.8. The van der Waals surface area contributed by atoms with Gasteiger partial charge in [-0.15, -0.1) is 0 Å². The van der Waals surface area contributed by atoms with E-state index in [4.69, 9.17) is 9.47 Å². The van der Waals surface area contributed by atoms with E-state index in [1.54, 1.807) is 14.2 Å². The van der Waals surface area contributed by atoms with Crippen LogP contribution >= 0.6 is 0 Å². The molecule has 0 saturated carbocycles.